The molecule has 2 aromatic rings. The molecule has 5 nitrogen and oxygen atoms in total. The summed E-state index contributed by atoms with van der Waals surface area (Å²) < 4.78 is 28.2. The Labute approximate surface area is 188 Å². The van der Waals surface area contributed by atoms with Gasteiger partial charge >= 0.3 is 0 Å². The highest BCUT2D eigenvalue weighted by Gasteiger charge is 2.33. The minimum absolute atomic E-state index is 0.153. The van der Waals surface area contributed by atoms with Crippen LogP contribution in [0.15, 0.2) is 42.5 Å². The maximum atomic E-state index is 12.9. The van der Waals surface area contributed by atoms with Crippen molar-refractivity contribution in [1.82, 2.24) is 4.31 Å². The number of halogens is 3. The summed E-state index contributed by atoms with van der Waals surface area (Å²) in [5.74, 6) is -0.849. The molecule has 0 radical (unpaired) electrons. The van der Waals surface area contributed by atoms with Gasteiger partial charge < -0.3 is 5.32 Å². The molecule has 1 saturated heterocycles. The van der Waals surface area contributed by atoms with Gasteiger partial charge in [0.15, 0.2) is 0 Å². The first-order valence-electron chi connectivity index (χ1n) is 8.73. The minimum Gasteiger partial charge on any atom is -0.326 e. The summed E-state index contributed by atoms with van der Waals surface area (Å²) >= 11 is 14.4. The molecule has 0 spiro atoms. The molecule has 0 saturated carbocycles. The van der Waals surface area contributed by atoms with Crippen molar-refractivity contribution in [3.63, 3.8) is 0 Å². The van der Waals surface area contributed by atoms with E-state index in [9.17, 15) is 13.2 Å². The number of piperidine rings is 1. The van der Waals surface area contributed by atoms with Crippen molar-refractivity contribution in [2.24, 2.45) is 5.92 Å². The first-order valence-corrected chi connectivity index (χ1v) is 12.2. The number of benzene rings is 2. The number of nitrogens with one attached hydrogen (secondary N) is 1. The SMILES string of the molecule is O=C(Nc1ccc(I)cc1)C1CCCN(S(=O)(=O)Cc2c(Cl)cccc2Cl)C1. The van der Waals surface area contributed by atoms with Gasteiger partial charge in [-0.3, -0.25) is 4.79 Å². The van der Waals surface area contributed by atoms with Crippen LogP contribution in [0.2, 0.25) is 10.0 Å². The van der Waals surface area contributed by atoms with E-state index < -0.39 is 15.9 Å². The van der Waals surface area contributed by atoms with Crippen LogP contribution in [0.5, 0.6) is 0 Å². The lowest BCUT2D eigenvalue weighted by molar-refractivity contribution is -0.120. The highest BCUT2D eigenvalue weighted by atomic mass is 127. The van der Waals surface area contributed by atoms with E-state index in [-0.39, 0.29) is 18.2 Å². The van der Waals surface area contributed by atoms with Gasteiger partial charge in [0, 0.05) is 38.0 Å². The second-order valence-electron chi connectivity index (χ2n) is 6.65. The minimum atomic E-state index is -3.64. The van der Waals surface area contributed by atoms with Gasteiger partial charge in [0.1, 0.15) is 0 Å². The van der Waals surface area contributed by atoms with Crippen LogP contribution in [-0.4, -0.2) is 31.7 Å². The van der Waals surface area contributed by atoms with Crippen molar-refractivity contribution in [3.05, 3.63) is 61.6 Å². The molecule has 1 fully saturated rings. The van der Waals surface area contributed by atoms with Crippen molar-refractivity contribution in [2.45, 2.75) is 18.6 Å². The molecule has 0 bridgehead atoms. The third-order valence-electron chi connectivity index (χ3n) is 4.65. The van der Waals surface area contributed by atoms with Gasteiger partial charge in [0.05, 0.1) is 11.7 Å². The smallest absolute Gasteiger partial charge is 0.228 e. The highest BCUT2D eigenvalue weighted by molar-refractivity contribution is 14.1. The molecule has 1 aliphatic heterocycles. The van der Waals surface area contributed by atoms with Crippen molar-refractivity contribution < 1.29 is 13.2 Å². The van der Waals surface area contributed by atoms with E-state index in [0.29, 0.717) is 40.7 Å². The molecular formula is C19H19Cl2IN2O3S. The van der Waals surface area contributed by atoms with E-state index in [0.717, 1.165) is 3.57 Å². The maximum absolute atomic E-state index is 12.9. The van der Waals surface area contributed by atoms with E-state index in [1.807, 2.05) is 24.3 Å². The molecule has 1 aliphatic rings. The summed E-state index contributed by atoms with van der Waals surface area (Å²) in [4.78, 5) is 12.6. The van der Waals surface area contributed by atoms with Gasteiger partial charge in [-0.05, 0) is 71.8 Å². The number of anilines is 1. The molecule has 150 valence electrons. The van der Waals surface area contributed by atoms with E-state index in [1.165, 1.54) is 4.31 Å². The summed E-state index contributed by atoms with van der Waals surface area (Å²) in [6, 6.07) is 12.4. The molecule has 1 atom stereocenters. The fraction of sp³-hybridized carbons (Fsp3) is 0.316. The van der Waals surface area contributed by atoms with Crippen LogP contribution in [0.25, 0.3) is 0 Å². The Kier molecular flexibility index (Phi) is 7.25. The number of amides is 1. The Morgan fingerprint density at radius 3 is 2.43 bits per heavy atom. The summed E-state index contributed by atoms with van der Waals surface area (Å²) in [7, 11) is -3.64. The highest BCUT2D eigenvalue weighted by Crippen LogP contribution is 2.29. The molecule has 0 aromatic heterocycles. The average Bonchev–Trinajstić information content (AvgIpc) is 2.67. The number of nitrogens with zero attached hydrogens (tertiary/aromatic N) is 1. The van der Waals surface area contributed by atoms with E-state index in [1.54, 1.807) is 18.2 Å². The fourth-order valence-electron chi connectivity index (χ4n) is 3.13. The van der Waals surface area contributed by atoms with E-state index in [2.05, 4.69) is 27.9 Å². The number of sulfonamides is 1. The molecular weight excluding hydrogens is 534 g/mol. The normalized spacial score (nSPS) is 18.0. The molecule has 3 rings (SSSR count). The molecule has 2 aromatic carbocycles. The van der Waals surface area contributed by atoms with Gasteiger partial charge in [-0.2, -0.15) is 0 Å². The Morgan fingerprint density at radius 1 is 1.14 bits per heavy atom. The predicted molar refractivity (Wildman–Crippen MR) is 121 cm³/mol. The Hall–Kier alpha value is -0.870. The van der Waals surface area contributed by atoms with Gasteiger partial charge in [-0.25, -0.2) is 12.7 Å². The topological polar surface area (TPSA) is 66.5 Å². The number of carbonyl (C=O) groups is 1. The molecule has 1 unspecified atom stereocenters. The van der Waals surface area contributed by atoms with Gasteiger partial charge in [0.2, 0.25) is 15.9 Å². The van der Waals surface area contributed by atoms with Gasteiger partial charge in [-0.1, -0.05) is 29.3 Å². The summed E-state index contributed by atoms with van der Waals surface area (Å²) in [5.41, 5.74) is 1.09. The number of carbonyl (C=O) groups excluding carboxylic acids is 1. The zero-order valence-corrected chi connectivity index (χ0v) is 19.4. The van der Waals surface area contributed by atoms with Crippen molar-refractivity contribution in [1.29, 1.82) is 0 Å². The molecule has 0 aliphatic carbocycles. The fourth-order valence-corrected chi connectivity index (χ4v) is 5.85. The van der Waals surface area contributed by atoms with Crippen molar-refractivity contribution in [2.75, 3.05) is 18.4 Å². The Balaban J connectivity index is 1.69. The molecule has 9 heteroatoms. The third kappa shape index (κ3) is 5.38. The lowest BCUT2D eigenvalue weighted by Crippen LogP contribution is -2.44. The third-order valence-corrected chi connectivity index (χ3v) is 7.85. The van der Waals surface area contributed by atoms with E-state index >= 15 is 0 Å². The predicted octanol–water partition coefficient (Wildman–Crippen LogP) is 4.78. The summed E-state index contributed by atoms with van der Waals surface area (Å²) in [6.45, 7) is 0.540. The number of rotatable bonds is 5. The zero-order valence-electron chi connectivity index (χ0n) is 14.9. The van der Waals surface area contributed by atoms with Crippen molar-refractivity contribution in [3.8, 4) is 0 Å². The van der Waals surface area contributed by atoms with Crippen LogP contribution in [0, 0.1) is 9.49 Å². The molecule has 1 amide bonds. The Bertz CT molecular complexity index is 947. The first kappa shape index (κ1) is 21.8. The Morgan fingerprint density at radius 2 is 1.79 bits per heavy atom. The summed E-state index contributed by atoms with van der Waals surface area (Å²) in [5, 5.41) is 3.51. The molecule has 1 heterocycles. The van der Waals surface area contributed by atoms with Crippen LogP contribution in [0.4, 0.5) is 5.69 Å². The van der Waals surface area contributed by atoms with E-state index in [4.69, 9.17) is 23.2 Å². The van der Waals surface area contributed by atoms with Crippen LogP contribution in [-0.2, 0) is 20.6 Å². The van der Waals surface area contributed by atoms with Crippen LogP contribution < -0.4 is 5.32 Å². The van der Waals surface area contributed by atoms with Gasteiger partial charge in [0.25, 0.3) is 0 Å². The number of hydrogen-bond donors (Lipinski definition) is 1. The first-order chi connectivity index (χ1) is 13.3. The second kappa shape index (κ2) is 9.30. The molecule has 28 heavy (non-hydrogen) atoms. The largest absolute Gasteiger partial charge is 0.326 e. The lowest BCUT2D eigenvalue weighted by Gasteiger charge is -2.31. The quantitative estimate of drug-likeness (QED) is 0.543. The molecule has 1 N–H and O–H groups in total. The summed E-state index contributed by atoms with van der Waals surface area (Å²) in [6.07, 6.45) is 1.27. The second-order valence-corrected chi connectivity index (χ2v) is 10.7. The standard InChI is InChI=1S/C19H19Cl2IN2O3S/c20-17-4-1-5-18(21)16(17)12-28(26,27)24-10-2-3-13(11-24)19(25)23-15-8-6-14(22)7-9-15/h1,4-9,13H,2-3,10-12H2,(H,23,25). The zero-order chi connectivity index (χ0) is 20.3. The van der Waals surface area contributed by atoms with Gasteiger partial charge in [-0.15, -0.1) is 0 Å². The average molecular weight is 553 g/mol. The number of hydrogen-bond acceptors (Lipinski definition) is 3. The monoisotopic (exact) mass is 552 g/mol. The van der Waals surface area contributed by atoms with Crippen molar-refractivity contribution >= 4 is 67.4 Å². The van der Waals surface area contributed by atoms with Crippen LogP contribution in [0.1, 0.15) is 18.4 Å². The lowest BCUT2D eigenvalue weighted by atomic mass is 9.99. The maximum Gasteiger partial charge on any atom is 0.228 e. The van der Waals surface area contributed by atoms with Crippen LogP contribution in [0.3, 0.4) is 0 Å². The van der Waals surface area contributed by atoms with Crippen LogP contribution >= 0.6 is 45.8 Å².